The molecule has 2 heterocycles. The van der Waals surface area contributed by atoms with Crippen LogP contribution in [0.5, 0.6) is 11.5 Å². The van der Waals surface area contributed by atoms with E-state index in [1.165, 1.54) is 6.33 Å². The van der Waals surface area contributed by atoms with Gasteiger partial charge in [-0.15, -0.1) is 0 Å². The molecule has 1 aromatic carbocycles. The lowest BCUT2D eigenvalue weighted by Gasteiger charge is -2.36. The van der Waals surface area contributed by atoms with Crippen molar-refractivity contribution in [2.24, 2.45) is 0 Å². The van der Waals surface area contributed by atoms with Gasteiger partial charge in [-0.05, 0) is 56.9 Å². The molecule has 6 nitrogen and oxygen atoms in total. The zero-order chi connectivity index (χ0) is 18.2. The summed E-state index contributed by atoms with van der Waals surface area (Å²) in [5.74, 6) is 0.870. The highest BCUT2D eigenvalue weighted by atomic mass is 16.5. The van der Waals surface area contributed by atoms with E-state index in [0.717, 1.165) is 33.7 Å². The maximum Gasteiger partial charge on any atom is 0.264 e. The van der Waals surface area contributed by atoms with Gasteiger partial charge in [0.15, 0.2) is 5.60 Å². The molecule has 0 unspecified atom stereocenters. The highest BCUT2D eigenvalue weighted by molar-refractivity contribution is 5.85. The Morgan fingerprint density at radius 2 is 2.08 bits per heavy atom. The van der Waals surface area contributed by atoms with Crippen LogP contribution >= 0.6 is 0 Å². The van der Waals surface area contributed by atoms with Crippen molar-refractivity contribution < 1.29 is 14.6 Å². The Bertz CT molecular complexity index is 821. The van der Waals surface area contributed by atoms with Crippen LogP contribution in [0.25, 0.3) is 0 Å². The third-order valence-corrected chi connectivity index (χ3v) is 5.07. The van der Waals surface area contributed by atoms with Crippen LogP contribution in [0.1, 0.15) is 41.3 Å². The SMILES string of the molecule is Cc1c(C)c2c(c(C)c1O)CC[C@@](C)(C(=O)NCc1ccncn1)O2. The normalized spacial score (nSPS) is 19.0. The minimum atomic E-state index is -0.944. The highest BCUT2D eigenvalue weighted by Crippen LogP contribution is 2.43. The zero-order valence-electron chi connectivity index (χ0n) is 15.0. The standard InChI is InChI=1S/C19H23N3O3/c1-11-12(2)17-15(13(3)16(11)23)5-7-19(4,25-17)18(24)21-9-14-6-8-20-10-22-14/h6,8,10,23H,5,7,9H2,1-4H3,(H,21,24)/t19-/m0/s1. The number of amides is 1. The van der Waals surface area contributed by atoms with Crippen molar-refractivity contribution in [1.82, 2.24) is 15.3 Å². The summed E-state index contributed by atoms with van der Waals surface area (Å²) >= 11 is 0. The molecule has 2 N–H and O–H groups in total. The van der Waals surface area contributed by atoms with Crippen molar-refractivity contribution >= 4 is 5.91 Å². The summed E-state index contributed by atoms with van der Waals surface area (Å²) in [7, 11) is 0. The van der Waals surface area contributed by atoms with Gasteiger partial charge in [0, 0.05) is 18.2 Å². The third-order valence-electron chi connectivity index (χ3n) is 5.07. The molecule has 1 atom stereocenters. The topological polar surface area (TPSA) is 84.3 Å². The number of fused-ring (bicyclic) bond motifs is 1. The number of carbonyl (C=O) groups excluding carboxylic acids is 1. The molecule has 132 valence electrons. The maximum atomic E-state index is 12.7. The van der Waals surface area contributed by atoms with E-state index < -0.39 is 5.60 Å². The van der Waals surface area contributed by atoms with Crippen molar-refractivity contribution in [3.8, 4) is 11.5 Å². The molecule has 0 spiro atoms. The van der Waals surface area contributed by atoms with Crippen LogP contribution in [0.4, 0.5) is 0 Å². The van der Waals surface area contributed by atoms with Crippen LogP contribution in [-0.4, -0.2) is 26.6 Å². The summed E-state index contributed by atoms with van der Waals surface area (Å²) in [5.41, 5.74) is 3.30. The summed E-state index contributed by atoms with van der Waals surface area (Å²) in [5, 5.41) is 13.1. The number of hydrogen-bond donors (Lipinski definition) is 2. The first-order valence-electron chi connectivity index (χ1n) is 8.37. The van der Waals surface area contributed by atoms with E-state index in [1.54, 1.807) is 12.3 Å². The van der Waals surface area contributed by atoms with E-state index in [-0.39, 0.29) is 5.91 Å². The average molecular weight is 341 g/mol. The molecule has 0 bridgehead atoms. The molecule has 0 saturated heterocycles. The average Bonchev–Trinajstić information content (AvgIpc) is 2.63. The Hall–Kier alpha value is -2.63. The first-order chi connectivity index (χ1) is 11.8. The van der Waals surface area contributed by atoms with Gasteiger partial charge in [0.2, 0.25) is 0 Å². The largest absolute Gasteiger partial charge is 0.507 e. The second-order valence-corrected chi connectivity index (χ2v) is 6.75. The fraction of sp³-hybridized carbons (Fsp3) is 0.421. The number of aromatic hydroxyl groups is 1. The lowest BCUT2D eigenvalue weighted by molar-refractivity contribution is -0.137. The van der Waals surface area contributed by atoms with Gasteiger partial charge in [0.05, 0.1) is 12.2 Å². The highest BCUT2D eigenvalue weighted by Gasteiger charge is 2.40. The molecule has 3 rings (SSSR count). The first-order valence-corrected chi connectivity index (χ1v) is 8.37. The number of carbonyl (C=O) groups is 1. The molecule has 1 aliphatic heterocycles. The van der Waals surface area contributed by atoms with Crippen molar-refractivity contribution in [3.63, 3.8) is 0 Å². The molecule has 25 heavy (non-hydrogen) atoms. The van der Waals surface area contributed by atoms with E-state index in [2.05, 4.69) is 15.3 Å². The van der Waals surface area contributed by atoms with Crippen molar-refractivity contribution in [2.45, 2.75) is 52.7 Å². The van der Waals surface area contributed by atoms with Crippen LogP contribution in [0.15, 0.2) is 18.6 Å². The van der Waals surface area contributed by atoms with E-state index in [0.29, 0.717) is 25.1 Å². The molecule has 6 heteroatoms. The van der Waals surface area contributed by atoms with E-state index in [1.807, 2.05) is 27.7 Å². The quantitative estimate of drug-likeness (QED) is 0.896. The molecule has 0 saturated carbocycles. The summed E-state index contributed by atoms with van der Waals surface area (Å²) < 4.78 is 6.16. The number of rotatable bonds is 3. The first kappa shape index (κ1) is 17.2. The molecule has 1 aliphatic rings. The van der Waals surface area contributed by atoms with Gasteiger partial charge >= 0.3 is 0 Å². The van der Waals surface area contributed by atoms with Gasteiger partial charge in [0.25, 0.3) is 5.91 Å². The fourth-order valence-electron chi connectivity index (χ4n) is 3.19. The van der Waals surface area contributed by atoms with Gasteiger partial charge in [0.1, 0.15) is 17.8 Å². The van der Waals surface area contributed by atoms with Crippen LogP contribution in [0.2, 0.25) is 0 Å². The number of phenols is 1. The van der Waals surface area contributed by atoms with Crippen LogP contribution < -0.4 is 10.1 Å². The summed E-state index contributed by atoms with van der Waals surface area (Å²) in [6.45, 7) is 7.81. The number of nitrogens with zero attached hydrogens (tertiary/aromatic N) is 2. The molecule has 0 radical (unpaired) electrons. The fourth-order valence-corrected chi connectivity index (χ4v) is 3.19. The van der Waals surface area contributed by atoms with E-state index in [9.17, 15) is 9.90 Å². The third kappa shape index (κ3) is 3.04. The molecule has 2 aromatic rings. The molecule has 1 amide bonds. The van der Waals surface area contributed by atoms with Crippen molar-refractivity contribution in [3.05, 3.63) is 46.5 Å². The zero-order valence-corrected chi connectivity index (χ0v) is 15.0. The molecule has 1 aromatic heterocycles. The monoisotopic (exact) mass is 341 g/mol. The molecular weight excluding hydrogens is 318 g/mol. The lowest BCUT2D eigenvalue weighted by Crippen LogP contribution is -2.50. The van der Waals surface area contributed by atoms with Gasteiger partial charge < -0.3 is 15.2 Å². The van der Waals surface area contributed by atoms with Gasteiger partial charge in [-0.2, -0.15) is 0 Å². The van der Waals surface area contributed by atoms with Gasteiger partial charge in [-0.1, -0.05) is 0 Å². The van der Waals surface area contributed by atoms with Crippen LogP contribution in [0.3, 0.4) is 0 Å². The predicted octanol–water partition coefficient (Wildman–Crippen LogP) is 2.51. The number of ether oxygens (including phenoxy) is 1. The summed E-state index contributed by atoms with van der Waals surface area (Å²) in [6.07, 6.45) is 4.34. The minimum absolute atomic E-state index is 0.167. The Balaban J connectivity index is 1.82. The molecule has 0 fully saturated rings. The maximum absolute atomic E-state index is 12.7. The van der Waals surface area contributed by atoms with Gasteiger partial charge in [-0.3, -0.25) is 4.79 Å². The Kier molecular flexibility index (Phi) is 4.37. The summed E-state index contributed by atoms with van der Waals surface area (Å²) in [6, 6.07) is 1.76. The predicted molar refractivity (Wildman–Crippen MR) is 93.6 cm³/mol. The Morgan fingerprint density at radius 1 is 1.32 bits per heavy atom. The lowest BCUT2D eigenvalue weighted by atomic mass is 9.86. The molecule has 0 aliphatic carbocycles. The Labute approximate surface area is 147 Å². The van der Waals surface area contributed by atoms with Crippen molar-refractivity contribution in [1.29, 1.82) is 0 Å². The van der Waals surface area contributed by atoms with Crippen LogP contribution in [-0.2, 0) is 17.8 Å². The Morgan fingerprint density at radius 3 is 2.76 bits per heavy atom. The second kappa shape index (κ2) is 6.35. The second-order valence-electron chi connectivity index (χ2n) is 6.75. The molecular formula is C19H23N3O3. The smallest absolute Gasteiger partial charge is 0.264 e. The van der Waals surface area contributed by atoms with Gasteiger partial charge in [-0.25, -0.2) is 9.97 Å². The number of phenolic OH excluding ortho intramolecular Hbond substituents is 1. The number of benzene rings is 1. The number of hydrogen-bond acceptors (Lipinski definition) is 5. The van der Waals surface area contributed by atoms with E-state index in [4.69, 9.17) is 4.74 Å². The number of aromatic nitrogens is 2. The van der Waals surface area contributed by atoms with E-state index >= 15 is 0 Å². The van der Waals surface area contributed by atoms with Crippen molar-refractivity contribution in [2.75, 3.05) is 0 Å². The number of nitrogens with one attached hydrogen (secondary N) is 1. The summed E-state index contributed by atoms with van der Waals surface area (Å²) in [4.78, 5) is 20.7. The van der Waals surface area contributed by atoms with Crippen LogP contribution in [0, 0.1) is 20.8 Å². The minimum Gasteiger partial charge on any atom is -0.507 e.